The lowest BCUT2D eigenvalue weighted by Crippen LogP contribution is -2.53. The number of rotatable bonds is 8. The number of β-amino-alcohol motifs (C(OH)–C–C–N with tert-alkyl or cyclic N) is 1. The maximum atomic E-state index is 11.6. The standard InChI is InChI=1S/C13H25NO5/c1-3-4-6-18-9-11(15)8-14-5-7-19-10-12(14)13(16)17-2/h11-12,15H,3-10H2,1-2H3. The van der Waals surface area contributed by atoms with Crippen LogP contribution in [0, 0.1) is 0 Å². The van der Waals surface area contributed by atoms with Crippen molar-refractivity contribution in [3.63, 3.8) is 0 Å². The topological polar surface area (TPSA) is 68.2 Å². The molecule has 1 fully saturated rings. The molecule has 0 saturated carbocycles. The van der Waals surface area contributed by atoms with Crippen molar-refractivity contribution in [1.82, 2.24) is 4.90 Å². The van der Waals surface area contributed by atoms with E-state index in [4.69, 9.17) is 14.2 Å². The number of esters is 1. The lowest BCUT2D eigenvalue weighted by molar-refractivity contribution is -0.154. The third kappa shape index (κ3) is 5.86. The molecule has 0 aromatic carbocycles. The van der Waals surface area contributed by atoms with Crippen molar-refractivity contribution in [2.45, 2.75) is 31.9 Å². The van der Waals surface area contributed by atoms with Gasteiger partial charge in [-0.3, -0.25) is 9.69 Å². The Labute approximate surface area is 114 Å². The average Bonchev–Trinajstić information content (AvgIpc) is 2.43. The van der Waals surface area contributed by atoms with Gasteiger partial charge >= 0.3 is 5.97 Å². The zero-order valence-electron chi connectivity index (χ0n) is 11.8. The Balaban J connectivity index is 2.33. The molecule has 1 heterocycles. The summed E-state index contributed by atoms with van der Waals surface area (Å²) in [6.45, 7) is 4.95. The van der Waals surface area contributed by atoms with E-state index in [1.165, 1.54) is 7.11 Å². The molecule has 0 aromatic heterocycles. The Kier molecular flexibility index (Phi) is 7.97. The summed E-state index contributed by atoms with van der Waals surface area (Å²) in [6.07, 6.45) is 1.47. The van der Waals surface area contributed by atoms with Crippen LogP contribution in [0.25, 0.3) is 0 Å². The third-order valence-electron chi connectivity index (χ3n) is 3.11. The fourth-order valence-electron chi connectivity index (χ4n) is 2.00. The Morgan fingerprint density at radius 3 is 3.05 bits per heavy atom. The van der Waals surface area contributed by atoms with Crippen molar-refractivity contribution in [1.29, 1.82) is 0 Å². The third-order valence-corrected chi connectivity index (χ3v) is 3.11. The Morgan fingerprint density at radius 2 is 2.37 bits per heavy atom. The highest BCUT2D eigenvalue weighted by atomic mass is 16.5. The number of hydrogen-bond donors (Lipinski definition) is 1. The van der Waals surface area contributed by atoms with Gasteiger partial charge in [0.2, 0.25) is 0 Å². The first-order valence-electron chi connectivity index (χ1n) is 6.84. The monoisotopic (exact) mass is 275 g/mol. The van der Waals surface area contributed by atoms with E-state index in [9.17, 15) is 9.90 Å². The quantitative estimate of drug-likeness (QED) is 0.498. The van der Waals surface area contributed by atoms with Crippen LogP contribution in [-0.2, 0) is 19.0 Å². The second-order valence-corrected chi connectivity index (χ2v) is 4.69. The first-order chi connectivity index (χ1) is 9.19. The minimum Gasteiger partial charge on any atom is -0.468 e. The molecule has 0 spiro atoms. The molecule has 1 aliphatic heterocycles. The number of morpholine rings is 1. The summed E-state index contributed by atoms with van der Waals surface area (Å²) in [5.74, 6) is -0.321. The lowest BCUT2D eigenvalue weighted by Gasteiger charge is -2.34. The molecular weight excluding hydrogens is 250 g/mol. The van der Waals surface area contributed by atoms with Gasteiger partial charge in [0, 0.05) is 19.7 Å². The fourth-order valence-corrected chi connectivity index (χ4v) is 2.00. The number of unbranched alkanes of at least 4 members (excludes halogenated alkanes) is 1. The highest BCUT2D eigenvalue weighted by Crippen LogP contribution is 2.09. The molecule has 1 aliphatic rings. The van der Waals surface area contributed by atoms with Gasteiger partial charge in [0.1, 0.15) is 6.04 Å². The van der Waals surface area contributed by atoms with Crippen LogP contribution in [0.3, 0.4) is 0 Å². The molecule has 112 valence electrons. The van der Waals surface area contributed by atoms with E-state index in [0.717, 1.165) is 12.8 Å². The van der Waals surface area contributed by atoms with Crippen molar-refractivity contribution in [3.8, 4) is 0 Å². The highest BCUT2D eigenvalue weighted by molar-refractivity contribution is 5.75. The molecule has 1 saturated heterocycles. The molecule has 1 rings (SSSR count). The van der Waals surface area contributed by atoms with Crippen molar-refractivity contribution in [2.24, 2.45) is 0 Å². The van der Waals surface area contributed by atoms with E-state index in [0.29, 0.717) is 39.5 Å². The molecule has 0 bridgehead atoms. The van der Waals surface area contributed by atoms with Gasteiger partial charge in [0.15, 0.2) is 0 Å². The first kappa shape index (κ1) is 16.4. The minimum atomic E-state index is -0.595. The van der Waals surface area contributed by atoms with Crippen LogP contribution in [0.15, 0.2) is 0 Å². The van der Waals surface area contributed by atoms with Gasteiger partial charge in [-0.25, -0.2) is 0 Å². The van der Waals surface area contributed by atoms with E-state index in [-0.39, 0.29) is 5.97 Å². The van der Waals surface area contributed by atoms with Gasteiger partial charge < -0.3 is 19.3 Å². The SMILES string of the molecule is CCCCOCC(O)CN1CCOCC1C(=O)OC. The zero-order chi connectivity index (χ0) is 14.1. The number of hydrogen-bond acceptors (Lipinski definition) is 6. The molecule has 6 heteroatoms. The molecule has 1 N–H and O–H groups in total. The van der Waals surface area contributed by atoms with Crippen LogP contribution in [-0.4, -0.2) is 74.7 Å². The van der Waals surface area contributed by atoms with Gasteiger partial charge in [-0.05, 0) is 6.42 Å². The number of carbonyl (C=O) groups is 1. The second-order valence-electron chi connectivity index (χ2n) is 4.69. The molecule has 0 aromatic rings. The molecule has 6 nitrogen and oxygen atoms in total. The number of aliphatic hydroxyl groups excluding tert-OH is 1. The molecule has 0 aliphatic carbocycles. The average molecular weight is 275 g/mol. The maximum Gasteiger partial charge on any atom is 0.325 e. The predicted molar refractivity (Wildman–Crippen MR) is 69.9 cm³/mol. The number of ether oxygens (including phenoxy) is 3. The summed E-state index contributed by atoms with van der Waals surface area (Å²) in [5.41, 5.74) is 0. The first-order valence-corrected chi connectivity index (χ1v) is 6.84. The number of carbonyl (C=O) groups excluding carboxylic acids is 1. The molecular formula is C13H25NO5. The summed E-state index contributed by atoms with van der Waals surface area (Å²) >= 11 is 0. The summed E-state index contributed by atoms with van der Waals surface area (Å²) in [5, 5.41) is 9.91. The van der Waals surface area contributed by atoms with Crippen molar-refractivity contribution in [2.75, 3.05) is 46.6 Å². The number of methoxy groups -OCH3 is 1. The van der Waals surface area contributed by atoms with Crippen LogP contribution in [0.4, 0.5) is 0 Å². The van der Waals surface area contributed by atoms with Crippen molar-refractivity contribution in [3.05, 3.63) is 0 Å². The van der Waals surface area contributed by atoms with E-state index in [2.05, 4.69) is 6.92 Å². The van der Waals surface area contributed by atoms with Gasteiger partial charge in [0.25, 0.3) is 0 Å². The zero-order valence-corrected chi connectivity index (χ0v) is 11.8. The Hall–Kier alpha value is -0.690. The molecule has 2 unspecified atom stereocenters. The normalized spacial score (nSPS) is 22.2. The Bertz CT molecular complexity index is 261. The maximum absolute atomic E-state index is 11.6. The largest absolute Gasteiger partial charge is 0.468 e. The smallest absolute Gasteiger partial charge is 0.325 e. The van der Waals surface area contributed by atoms with E-state index in [1.54, 1.807) is 0 Å². The lowest BCUT2D eigenvalue weighted by atomic mass is 10.2. The van der Waals surface area contributed by atoms with E-state index >= 15 is 0 Å². The van der Waals surface area contributed by atoms with Crippen molar-refractivity contribution < 1.29 is 24.1 Å². The van der Waals surface area contributed by atoms with Crippen molar-refractivity contribution >= 4 is 5.97 Å². The molecule has 0 radical (unpaired) electrons. The Morgan fingerprint density at radius 1 is 1.58 bits per heavy atom. The minimum absolute atomic E-state index is 0.297. The summed E-state index contributed by atoms with van der Waals surface area (Å²) in [6, 6.07) is -0.427. The van der Waals surface area contributed by atoms with Crippen LogP contribution < -0.4 is 0 Å². The molecule has 0 amide bonds. The van der Waals surface area contributed by atoms with Crippen LogP contribution >= 0.6 is 0 Å². The van der Waals surface area contributed by atoms with E-state index < -0.39 is 12.1 Å². The van der Waals surface area contributed by atoms with Gasteiger partial charge in [-0.1, -0.05) is 13.3 Å². The molecule has 19 heavy (non-hydrogen) atoms. The summed E-state index contributed by atoms with van der Waals surface area (Å²) in [7, 11) is 1.36. The summed E-state index contributed by atoms with van der Waals surface area (Å²) < 4.78 is 15.4. The number of aliphatic hydroxyl groups is 1. The molecule has 2 atom stereocenters. The van der Waals surface area contributed by atoms with Gasteiger partial charge in [-0.15, -0.1) is 0 Å². The summed E-state index contributed by atoms with van der Waals surface area (Å²) in [4.78, 5) is 13.5. The van der Waals surface area contributed by atoms with Crippen LogP contribution in [0.5, 0.6) is 0 Å². The number of nitrogens with zero attached hydrogens (tertiary/aromatic N) is 1. The van der Waals surface area contributed by atoms with Gasteiger partial charge in [-0.2, -0.15) is 0 Å². The highest BCUT2D eigenvalue weighted by Gasteiger charge is 2.31. The fraction of sp³-hybridized carbons (Fsp3) is 0.923. The van der Waals surface area contributed by atoms with Gasteiger partial charge in [0.05, 0.1) is 33.0 Å². The second kappa shape index (κ2) is 9.25. The van der Waals surface area contributed by atoms with Crippen LogP contribution in [0.1, 0.15) is 19.8 Å². The van der Waals surface area contributed by atoms with E-state index in [1.807, 2.05) is 4.90 Å². The predicted octanol–water partition coefficient (Wildman–Crippen LogP) is 0.0378. The van der Waals surface area contributed by atoms with Crippen LogP contribution in [0.2, 0.25) is 0 Å².